The molecule has 5 nitrogen and oxygen atoms in total. The average molecular weight is 425 g/mol. The zero-order chi connectivity index (χ0) is 21.3. The van der Waals surface area contributed by atoms with Gasteiger partial charge in [-0.25, -0.2) is 0 Å². The highest BCUT2D eigenvalue weighted by Crippen LogP contribution is 2.35. The second-order valence-electron chi connectivity index (χ2n) is 7.38. The van der Waals surface area contributed by atoms with Crippen LogP contribution in [0.4, 0.5) is 5.69 Å². The monoisotopic (exact) mass is 424 g/mol. The maximum Gasteiger partial charge on any atom is 0.258 e. The number of carbonyl (C=O) groups is 1. The van der Waals surface area contributed by atoms with Gasteiger partial charge in [0.15, 0.2) is 0 Å². The van der Waals surface area contributed by atoms with Crippen LogP contribution in [0.3, 0.4) is 0 Å². The van der Waals surface area contributed by atoms with Gasteiger partial charge < -0.3 is 14.4 Å². The van der Waals surface area contributed by atoms with Crippen LogP contribution >= 0.6 is 11.6 Å². The minimum absolute atomic E-state index is 0.124. The highest BCUT2D eigenvalue weighted by Gasteiger charge is 2.22. The van der Waals surface area contributed by atoms with Crippen molar-refractivity contribution in [2.45, 2.75) is 32.6 Å². The molecule has 0 saturated carbocycles. The van der Waals surface area contributed by atoms with Gasteiger partial charge in [0, 0.05) is 29.3 Å². The van der Waals surface area contributed by atoms with E-state index in [0.717, 1.165) is 52.9 Å². The molecule has 3 aromatic rings. The highest BCUT2D eigenvalue weighted by atomic mass is 35.5. The van der Waals surface area contributed by atoms with Gasteiger partial charge >= 0.3 is 0 Å². The molecule has 1 aromatic heterocycles. The number of amides is 1. The number of halogens is 1. The number of hydrogen-bond donors (Lipinski definition) is 0. The van der Waals surface area contributed by atoms with Gasteiger partial charge in [0.05, 0.1) is 30.4 Å². The SMILES string of the molecule is CCN(C(=O)c1ccc2c(Cl)c3c(nc2c1)CCCC3)c1cc(OC)ccc1OC. The summed E-state index contributed by atoms with van der Waals surface area (Å²) in [6, 6.07) is 11.0. The van der Waals surface area contributed by atoms with Gasteiger partial charge in [-0.15, -0.1) is 0 Å². The molecule has 0 unspecified atom stereocenters. The quantitative estimate of drug-likeness (QED) is 0.546. The van der Waals surface area contributed by atoms with Crippen molar-refractivity contribution >= 4 is 34.1 Å². The Morgan fingerprint density at radius 1 is 1.10 bits per heavy atom. The van der Waals surface area contributed by atoms with E-state index in [9.17, 15) is 4.79 Å². The lowest BCUT2D eigenvalue weighted by Gasteiger charge is -2.24. The van der Waals surface area contributed by atoms with Crippen molar-refractivity contribution in [2.75, 3.05) is 25.7 Å². The molecule has 0 spiro atoms. The first-order valence-electron chi connectivity index (χ1n) is 10.2. The van der Waals surface area contributed by atoms with Gasteiger partial charge in [0.25, 0.3) is 5.91 Å². The van der Waals surface area contributed by atoms with E-state index < -0.39 is 0 Å². The molecule has 156 valence electrons. The normalized spacial score (nSPS) is 13.1. The minimum atomic E-state index is -0.124. The molecule has 1 heterocycles. The first-order chi connectivity index (χ1) is 14.6. The van der Waals surface area contributed by atoms with Crippen molar-refractivity contribution in [3.63, 3.8) is 0 Å². The fraction of sp³-hybridized carbons (Fsp3) is 0.333. The van der Waals surface area contributed by atoms with Crippen LogP contribution in [0.25, 0.3) is 10.9 Å². The highest BCUT2D eigenvalue weighted by molar-refractivity contribution is 6.36. The van der Waals surface area contributed by atoms with Crippen LogP contribution in [0.15, 0.2) is 36.4 Å². The van der Waals surface area contributed by atoms with Gasteiger partial charge in [-0.2, -0.15) is 0 Å². The fourth-order valence-electron chi connectivity index (χ4n) is 4.09. The zero-order valence-electron chi connectivity index (χ0n) is 17.5. The summed E-state index contributed by atoms with van der Waals surface area (Å²) in [6.45, 7) is 2.42. The molecule has 1 aliphatic carbocycles. The third-order valence-corrected chi connectivity index (χ3v) is 6.11. The van der Waals surface area contributed by atoms with Gasteiger partial charge in [0.1, 0.15) is 11.5 Å². The van der Waals surface area contributed by atoms with E-state index in [1.165, 1.54) is 0 Å². The maximum absolute atomic E-state index is 13.4. The van der Waals surface area contributed by atoms with Crippen molar-refractivity contribution in [2.24, 2.45) is 0 Å². The number of benzene rings is 2. The van der Waals surface area contributed by atoms with E-state index >= 15 is 0 Å². The van der Waals surface area contributed by atoms with Gasteiger partial charge in [0.2, 0.25) is 0 Å². The lowest BCUT2D eigenvalue weighted by atomic mass is 9.94. The average Bonchev–Trinajstić information content (AvgIpc) is 2.79. The summed E-state index contributed by atoms with van der Waals surface area (Å²) in [5.41, 5.74) is 4.21. The molecule has 0 saturated heterocycles. The summed E-state index contributed by atoms with van der Waals surface area (Å²) in [6.07, 6.45) is 4.17. The molecule has 0 fully saturated rings. The minimum Gasteiger partial charge on any atom is -0.497 e. The van der Waals surface area contributed by atoms with Crippen LogP contribution in [-0.2, 0) is 12.8 Å². The van der Waals surface area contributed by atoms with Crippen LogP contribution in [0.2, 0.25) is 5.02 Å². The number of carbonyl (C=O) groups excluding carboxylic acids is 1. The predicted molar refractivity (Wildman–Crippen MR) is 120 cm³/mol. The number of fused-ring (bicyclic) bond motifs is 2. The summed E-state index contributed by atoms with van der Waals surface area (Å²) < 4.78 is 10.8. The number of ether oxygens (including phenoxy) is 2. The third kappa shape index (κ3) is 3.58. The first kappa shape index (κ1) is 20.5. The summed E-state index contributed by atoms with van der Waals surface area (Å²) in [5.74, 6) is 1.15. The molecule has 0 bridgehead atoms. The van der Waals surface area contributed by atoms with E-state index in [2.05, 4.69) is 0 Å². The Bertz CT molecular complexity index is 1110. The Labute approximate surface area is 181 Å². The Hall–Kier alpha value is -2.79. The van der Waals surface area contributed by atoms with Crippen molar-refractivity contribution in [1.82, 2.24) is 4.98 Å². The number of aryl methyl sites for hydroxylation is 1. The fourth-order valence-corrected chi connectivity index (χ4v) is 4.45. The Morgan fingerprint density at radius 3 is 2.63 bits per heavy atom. The molecular weight excluding hydrogens is 400 g/mol. The van der Waals surface area contributed by atoms with Gasteiger partial charge in [-0.3, -0.25) is 9.78 Å². The molecule has 30 heavy (non-hydrogen) atoms. The number of hydrogen-bond acceptors (Lipinski definition) is 4. The summed E-state index contributed by atoms with van der Waals surface area (Å²) in [5, 5.41) is 1.67. The number of nitrogens with zero attached hydrogens (tertiary/aromatic N) is 2. The second-order valence-corrected chi connectivity index (χ2v) is 7.76. The van der Waals surface area contributed by atoms with E-state index in [-0.39, 0.29) is 5.91 Å². The molecule has 4 rings (SSSR count). The van der Waals surface area contributed by atoms with Crippen LogP contribution < -0.4 is 14.4 Å². The molecular formula is C24H25ClN2O3. The van der Waals surface area contributed by atoms with Crippen LogP contribution in [-0.4, -0.2) is 31.7 Å². The third-order valence-electron chi connectivity index (χ3n) is 5.68. The second kappa shape index (κ2) is 8.52. The molecule has 0 N–H and O–H groups in total. The summed E-state index contributed by atoms with van der Waals surface area (Å²) >= 11 is 6.68. The Morgan fingerprint density at radius 2 is 1.90 bits per heavy atom. The number of anilines is 1. The summed E-state index contributed by atoms with van der Waals surface area (Å²) in [4.78, 5) is 20.0. The lowest BCUT2D eigenvalue weighted by Crippen LogP contribution is -2.31. The van der Waals surface area contributed by atoms with Crippen LogP contribution in [0.1, 0.15) is 41.4 Å². The van der Waals surface area contributed by atoms with Gasteiger partial charge in [-0.05, 0) is 62.4 Å². The number of rotatable bonds is 5. The molecule has 6 heteroatoms. The Kier molecular flexibility index (Phi) is 5.82. The molecule has 0 aliphatic heterocycles. The smallest absolute Gasteiger partial charge is 0.258 e. The standard InChI is InChI=1S/C24H25ClN2O3/c1-4-27(21-14-16(29-2)10-12-22(21)30-3)24(28)15-9-11-18-20(13-15)26-19-8-6-5-7-17(19)23(18)25/h9-14H,4-8H2,1-3H3. The first-order valence-corrected chi connectivity index (χ1v) is 10.6. The number of pyridine rings is 1. The Balaban J connectivity index is 1.76. The molecule has 1 amide bonds. The van der Waals surface area contributed by atoms with Crippen molar-refractivity contribution in [1.29, 1.82) is 0 Å². The van der Waals surface area contributed by atoms with Gasteiger partial charge in [-0.1, -0.05) is 17.7 Å². The number of aromatic nitrogens is 1. The maximum atomic E-state index is 13.4. The molecule has 1 aliphatic rings. The molecule has 2 aromatic carbocycles. The van der Waals surface area contributed by atoms with Crippen molar-refractivity contribution in [3.8, 4) is 11.5 Å². The largest absolute Gasteiger partial charge is 0.497 e. The predicted octanol–water partition coefficient (Wildman–Crippen LogP) is 5.45. The molecule has 0 radical (unpaired) electrons. The number of methoxy groups -OCH3 is 2. The zero-order valence-corrected chi connectivity index (χ0v) is 18.3. The summed E-state index contributed by atoms with van der Waals surface area (Å²) in [7, 11) is 3.19. The lowest BCUT2D eigenvalue weighted by molar-refractivity contribution is 0.0987. The van der Waals surface area contributed by atoms with E-state index in [1.54, 1.807) is 25.2 Å². The van der Waals surface area contributed by atoms with Crippen LogP contribution in [0.5, 0.6) is 11.5 Å². The van der Waals surface area contributed by atoms with E-state index in [0.29, 0.717) is 29.3 Å². The van der Waals surface area contributed by atoms with Crippen molar-refractivity contribution < 1.29 is 14.3 Å². The van der Waals surface area contributed by atoms with Crippen LogP contribution in [0, 0.1) is 0 Å². The topological polar surface area (TPSA) is 51.7 Å². The molecule has 0 atom stereocenters. The van der Waals surface area contributed by atoms with E-state index in [1.807, 2.05) is 37.3 Å². The van der Waals surface area contributed by atoms with Crippen molar-refractivity contribution in [3.05, 3.63) is 58.2 Å². The van der Waals surface area contributed by atoms with E-state index in [4.69, 9.17) is 26.1 Å².